The van der Waals surface area contributed by atoms with Crippen LogP contribution in [0.5, 0.6) is 0 Å². The molecule has 0 fully saturated rings. The number of fused-ring (bicyclic) bond motifs is 5. The van der Waals surface area contributed by atoms with E-state index in [2.05, 4.69) is 276 Å². The smallest absolute Gasteiger partial charge is 0.0547 e. The summed E-state index contributed by atoms with van der Waals surface area (Å²) >= 11 is 0. The molecule has 2 nitrogen and oxygen atoms in total. The van der Waals surface area contributed by atoms with Crippen LogP contribution in [0.3, 0.4) is 0 Å². The third-order valence-electron chi connectivity index (χ3n) is 13.0. The molecule has 0 saturated carbocycles. The summed E-state index contributed by atoms with van der Waals surface area (Å²) in [6.45, 7) is 0. The maximum atomic E-state index is 2.45. The number of anilines is 3. The van der Waals surface area contributed by atoms with Gasteiger partial charge in [0.25, 0.3) is 0 Å². The average molecular weight is 841 g/mol. The van der Waals surface area contributed by atoms with E-state index >= 15 is 0 Å². The van der Waals surface area contributed by atoms with Crippen LogP contribution in [-0.4, -0.2) is 4.57 Å². The monoisotopic (exact) mass is 840 g/mol. The van der Waals surface area contributed by atoms with Gasteiger partial charge in [0, 0.05) is 33.5 Å². The first-order valence-corrected chi connectivity index (χ1v) is 22.7. The first-order valence-electron chi connectivity index (χ1n) is 22.7. The molecule has 12 aromatic rings. The molecule has 0 spiro atoms. The number of aromatic nitrogens is 1. The van der Waals surface area contributed by atoms with Crippen molar-refractivity contribution in [1.29, 1.82) is 0 Å². The third-order valence-corrected chi connectivity index (χ3v) is 13.0. The summed E-state index contributed by atoms with van der Waals surface area (Å²) in [5.74, 6) is 0. The summed E-state index contributed by atoms with van der Waals surface area (Å²) in [6.07, 6.45) is 0. The van der Waals surface area contributed by atoms with Gasteiger partial charge in [-0.15, -0.1) is 0 Å². The van der Waals surface area contributed by atoms with E-state index in [0.717, 1.165) is 33.9 Å². The summed E-state index contributed by atoms with van der Waals surface area (Å²) < 4.78 is 2.45. The summed E-state index contributed by atoms with van der Waals surface area (Å²) in [5.41, 5.74) is 18.6. The molecule has 0 aliphatic rings. The maximum Gasteiger partial charge on any atom is 0.0547 e. The van der Waals surface area contributed by atoms with Crippen molar-refractivity contribution >= 4 is 49.6 Å². The van der Waals surface area contributed by atoms with Crippen LogP contribution in [0.1, 0.15) is 0 Å². The number of rotatable bonds is 9. The van der Waals surface area contributed by atoms with Crippen LogP contribution >= 0.6 is 0 Å². The second kappa shape index (κ2) is 16.8. The minimum Gasteiger partial charge on any atom is -0.311 e. The van der Waals surface area contributed by atoms with Crippen LogP contribution in [0.15, 0.2) is 267 Å². The highest BCUT2D eigenvalue weighted by Gasteiger charge is 2.18. The van der Waals surface area contributed by atoms with Gasteiger partial charge in [-0.25, -0.2) is 0 Å². The van der Waals surface area contributed by atoms with Crippen LogP contribution in [0.4, 0.5) is 17.1 Å². The molecule has 1 aromatic heterocycles. The molecule has 0 aliphatic carbocycles. The lowest BCUT2D eigenvalue weighted by Gasteiger charge is -2.26. The number of para-hydroxylation sites is 1. The Bertz CT molecular complexity index is 3650. The van der Waals surface area contributed by atoms with Crippen molar-refractivity contribution in [3.63, 3.8) is 0 Å². The van der Waals surface area contributed by atoms with E-state index < -0.39 is 0 Å². The van der Waals surface area contributed by atoms with Crippen molar-refractivity contribution in [1.82, 2.24) is 4.57 Å². The Morgan fingerprint density at radius 3 is 1.20 bits per heavy atom. The minimum absolute atomic E-state index is 1.08. The van der Waals surface area contributed by atoms with E-state index in [9.17, 15) is 0 Å². The minimum atomic E-state index is 1.08. The van der Waals surface area contributed by atoms with Gasteiger partial charge in [-0.3, -0.25) is 0 Å². The zero-order valence-electron chi connectivity index (χ0n) is 36.3. The van der Waals surface area contributed by atoms with E-state index in [1.165, 1.54) is 77.1 Å². The zero-order chi connectivity index (χ0) is 43.8. The second-order valence-electron chi connectivity index (χ2n) is 17.0. The topological polar surface area (TPSA) is 8.17 Å². The summed E-state index contributed by atoms with van der Waals surface area (Å²) in [5, 5.41) is 5.06. The van der Waals surface area contributed by atoms with Gasteiger partial charge in [-0.05, 0) is 139 Å². The number of hydrogen-bond donors (Lipinski definition) is 0. The van der Waals surface area contributed by atoms with Crippen molar-refractivity contribution in [3.8, 4) is 61.3 Å². The SMILES string of the molecule is c1ccc(-c2ccc(N(c3ccc(-c4cccc(-c5ccccc5)c4)cc3)c3ccc(-c4cc(-c5ccccc5)cc(-n5c6ccccc6c6c7ccccc7ccc65)c4)cc3)cc2)cc1. The molecule has 0 unspecified atom stereocenters. The molecule has 66 heavy (non-hydrogen) atoms. The molecule has 2 heteroatoms. The van der Waals surface area contributed by atoms with Gasteiger partial charge in [-0.1, -0.05) is 194 Å². The fourth-order valence-corrected chi connectivity index (χ4v) is 9.72. The Labute approximate surface area is 385 Å². The molecule has 0 amide bonds. The summed E-state index contributed by atoms with van der Waals surface area (Å²) in [4.78, 5) is 2.36. The zero-order valence-corrected chi connectivity index (χ0v) is 36.3. The molecule has 0 saturated heterocycles. The normalized spacial score (nSPS) is 11.3. The molecule has 0 atom stereocenters. The van der Waals surface area contributed by atoms with Gasteiger partial charge in [0.2, 0.25) is 0 Å². The highest BCUT2D eigenvalue weighted by atomic mass is 15.1. The fourth-order valence-electron chi connectivity index (χ4n) is 9.72. The van der Waals surface area contributed by atoms with Crippen LogP contribution in [0.25, 0.3) is 93.9 Å². The van der Waals surface area contributed by atoms with Gasteiger partial charge in [0.15, 0.2) is 0 Å². The first kappa shape index (κ1) is 38.9. The molecule has 0 aliphatic heterocycles. The highest BCUT2D eigenvalue weighted by Crippen LogP contribution is 2.41. The second-order valence-corrected chi connectivity index (χ2v) is 17.0. The van der Waals surface area contributed by atoms with E-state index in [1.807, 2.05) is 0 Å². The van der Waals surface area contributed by atoms with Crippen molar-refractivity contribution in [3.05, 3.63) is 267 Å². The number of hydrogen-bond acceptors (Lipinski definition) is 1. The maximum absolute atomic E-state index is 2.45. The third kappa shape index (κ3) is 7.21. The molecular formula is C64H44N2. The first-order chi connectivity index (χ1) is 32.7. The summed E-state index contributed by atoms with van der Waals surface area (Å²) in [6, 6.07) is 96.8. The van der Waals surface area contributed by atoms with Crippen molar-refractivity contribution in [2.24, 2.45) is 0 Å². The Balaban J connectivity index is 0.961. The van der Waals surface area contributed by atoms with E-state index in [-0.39, 0.29) is 0 Å². The van der Waals surface area contributed by atoms with Gasteiger partial charge in [0.05, 0.1) is 11.0 Å². The molecule has 0 bridgehead atoms. The number of nitrogens with zero attached hydrogens (tertiary/aromatic N) is 2. The Morgan fingerprint density at radius 2 is 0.636 bits per heavy atom. The van der Waals surface area contributed by atoms with E-state index in [4.69, 9.17) is 0 Å². The van der Waals surface area contributed by atoms with Gasteiger partial charge in [0.1, 0.15) is 0 Å². The van der Waals surface area contributed by atoms with Crippen LogP contribution in [0, 0.1) is 0 Å². The number of benzene rings is 11. The van der Waals surface area contributed by atoms with Crippen LogP contribution < -0.4 is 4.90 Å². The Hall–Kier alpha value is -8.72. The van der Waals surface area contributed by atoms with Gasteiger partial charge >= 0.3 is 0 Å². The lowest BCUT2D eigenvalue weighted by atomic mass is 9.97. The standard InChI is InChI=1S/C64H44N2/c1-4-15-45(16-5-1)48-27-34-56(35-28-48)65(57-36-29-49(30-37-57)53-23-14-22-52(41-53)46-17-6-2-7-18-46)58-38-31-50(32-39-58)55-42-54(47-19-8-3-9-20-47)43-59(44-55)66-62-26-13-12-25-61(62)64-60-24-11-10-21-51(60)33-40-63(64)66/h1-44H. The Morgan fingerprint density at radius 1 is 0.242 bits per heavy atom. The Kier molecular flexibility index (Phi) is 9.89. The van der Waals surface area contributed by atoms with Crippen molar-refractivity contribution in [2.45, 2.75) is 0 Å². The summed E-state index contributed by atoms with van der Waals surface area (Å²) in [7, 11) is 0. The molecule has 0 N–H and O–H groups in total. The molecule has 12 rings (SSSR count). The lowest BCUT2D eigenvalue weighted by molar-refractivity contribution is 1.18. The largest absolute Gasteiger partial charge is 0.311 e. The van der Waals surface area contributed by atoms with Crippen LogP contribution in [0.2, 0.25) is 0 Å². The molecule has 1 heterocycles. The quantitative estimate of drug-likeness (QED) is 0.141. The van der Waals surface area contributed by atoms with Crippen molar-refractivity contribution < 1.29 is 0 Å². The molecular weight excluding hydrogens is 797 g/mol. The predicted octanol–water partition coefficient (Wildman–Crippen LogP) is 17.7. The predicted molar refractivity (Wildman–Crippen MR) is 280 cm³/mol. The highest BCUT2D eigenvalue weighted by molar-refractivity contribution is 6.21. The van der Waals surface area contributed by atoms with Crippen molar-refractivity contribution in [2.75, 3.05) is 4.90 Å². The van der Waals surface area contributed by atoms with Gasteiger partial charge in [-0.2, -0.15) is 0 Å². The van der Waals surface area contributed by atoms with E-state index in [1.54, 1.807) is 0 Å². The molecule has 11 aromatic carbocycles. The average Bonchev–Trinajstić information content (AvgIpc) is 3.75. The van der Waals surface area contributed by atoms with Gasteiger partial charge < -0.3 is 9.47 Å². The lowest BCUT2D eigenvalue weighted by Crippen LogP contribution is -2.09. The van der Waals surface area contributed by atoms with Crippen LogP contribution in [-0.2, 0) is 0 Å². The molecule has 0 radical (unpaired) electrons. The van der Waals surface area contributed by atoms with E-state index in [0.29, 0.717) is 0 Å². The molecule has 310 valence electrons. The fraction of sp³-hybridized carbons (Fsp3) is 0.